The minimum Gasteiger partial charge on any atom is -0.300 e. The minimum atomic E-state index is -4.32. The van der Waals surface area contributed by atoms with Gasteiger partial charge in [0.05, 0.1) is 0 Å². The van der Waals surface area contributed by atoms with Crippen molar-refractivity contribution >= 4 is 0 Å². The van der Waals surface area contributed by atoms with Crippen molar-refractivity contribution in [2.75, 3.05) is 6.54 Å². The van der Waals surface area contributed by atoms with Crippen molar-refractivity contribution in [1.82, 2.24) is 5.32 Å². The molecule has 0 spiro atoms. The second-order valence-electron chi connectivity index (χ2n) is 4.47. The van der Waals surface area contributed by atoms with E-state index in [0.717, 1.165) is 5.56 Å². The lowest BCUT2D eigenvalue weighted by Crippen LogP contribution is -2.52. The Morgan fingerprint density at radius 1 is 1.18 bits per heavy atom. The lowest BCUT2D eigenvalue weighted by molar-refractivity contribution is -0.195. The monoisotopic (exact) mass is 245 g/mol. The number of benzene rings is 1. The molecule has 0 fully saturated rings. The molecule has 0 bridgehead atoms. The van der Waals surface area contributed by atoms with Gasteiger partial charge in [-0.3, -0.25) is 0 Å². The average Bonchev–Trinajstić information content (AvgIpc) is 2.20. The molecule has 0 aliphatic rings. The Balaban J connectivity index is 3.37. The van der Waals surface area contributed by atoms with E-state index >= 15 is 0 Å². The van der Waals surface area contributed by atoms with E-state index in [0.29, 0.717) is 11.1 Å². The van der Waals surface area contributed by atoms with Crippen LogP contribution < -0.4 is 5.32 Å². The molecule has 0 saturated heterocycles. The molecule has 1 N–H and O–H groups in total. The van der Waals surface area contributed by atoms with Crippen LogP contribution in [0.15, 0.2) is 18.2 Å². The molecule has 0 saturated carbocycles. The second kappa shape index (κ2) is 4.69. The number of rotatable bonds is 3. The number of alkyl halides is 3. The Labute approximate surface area is 100 Å². The summed E-state index contributed by atoms with van der Waals surface area (Å²) in [5.41, 5.74) is -0.208. The van der Waals surface area contributed by atoms with Crippen molar-refractivity contribution in [3.63, 3.8) is 0 Å². The Morgan fingerprint density at radius 2 is 1.76 bits per heavy atom. The third-order valence-corrected chi connectivity index (χ3v) is 3.03. The molecule has 1 atom stereocenters. The van der Waals surface area contributed by atoms with Crippen LogP contribution in [0.5, 0.6) is 0 Å². The first-order valence-corrected chi connectivity index (χ1v) is 5.62. The molecule has 0 heterocycles. The maximum Gasteiger partial charge on any atom is 0.410 e. The predicted molar refractivity (Wildman–Crippen MR) is 63.0 cm³/mol. The van der Waals surface area contributed by atoms with Crippen LogP contribution in [-0.2, 0) is 5.54 Å². The van der Waals surface area contributed by atoms with Crippen LogP contribution in [0.3, 0.4) is 0 Å². The highest BCUT2D eigenvalue weighted by Crippen LogP contribution is 2.40. The fraction of sp³-hybridized carbons (Fsp3) is 0.538. The van der Waals surface area contributed by atoms with Crippen LogP contribution in [0.2, 0.25) is 0 Å². The molecule has 0 aliphatic heterocycles. The second-order valence-corrected chi connectivity index (χ2v) is 4.47. The number of aryl methyl sites for hydroxylation is 2. The van der Waals surface area contributed by atoms with Crippen molar-refractivity contribution in [3.05, 3.63) is 34.9 Å². The summed E-state index contributed by atoms with van der Waals surface area (Å²) in [5.74, 6) is 0. The molecule has 0 aromatic heterocycles. The van der Waals surface area contributed by atoms with E-state index in [2.05, 4.69) is 5.32 Å². The number of halogens is 3. The maximum atomic E-state index is 13.2. The minimum absolute atomic E-state index is 0.267. The first-order valence-electron chi connectivity index (χ1n) is 5.62. The fourth-order valence-electron chi connectivity index (χ4n) is 1.98. The average molecular weight is 245 g/mol. The standard InChI is InChI=1S/C13H18F3N/c1-5-17-12(4,13(14,15)16)11-8-9(2)6-7-10(11)3/h6-8,17H,5H2,1-4H3. The zero-order chi connectivity index (χ0) is 13.3. The van der Waals surface area contributed by atoms with Crippen molar-refractivity contribution in [3.8, 4) is 0 Å². The molecule has 17 heavy (non-hydrogen) atoms. The predicted octanol–water partition coefficient (Wildman–Crippen LogP) is 3.69. The molecule has 1 aromatic carbocycles. The summed E-state index contributed by atoms with van der Waals surface area (Å²) < 4.78 is 39.7. The van der Waals surface area contributed by atoms with Crippen LogP contribution >= 0.6 is 0 Å². The van der Waals surface area contributed by atoms with Gasteiger partial charge in [0.25, 0.3) is 0 Å². The molecule has 1 rings (SSSR count). The lowest BCUT2D eigenvalue weighted by atomic mass is 9.86. The summed E-state index contributed by atoms with van der Waals surface area (Å²) in [6.45, 7) is 6.64. The van der Waals surface area contributed by atoms with Crippen LogP contribution in [0.4, 0.5) is 13.2 Å². The topological polar surface area (TPSA) is 12.0 Å². The van der Waals surface area contributed by atoms with Gasteiger partial charge in [0.15, 0.2) is 0 Å². The summed E-state index contributed by atoms with van der Waals surface area (Å²) in [6, 6.07) is 5.15. The molecular weight excluding hydrogens is 227 g/mol. The summed E-state index contributed by atoms with van der Waals surface area (Å²) in [4.78, 5) is 0. The molecule has 1 unspecified atom stereocenters. The quantitative estimate of drug-likeness (QED) is 0.856. The van der Waals surface area contributed by atoms with Gasteiger partial charge >= 0.3 is 6.18 Å². The highest BCUT2D eigenvalue weighted by Gasteiger charge is 2.52. The highest BCUT2D eigenvalue weighted by molar-refractivity contribution is 5.37. The Bertz CT molecular complexity index is 398. The normalized spacial score (nSPS) is 15.7. The van der Waals surface area contributed by atoms with Crippen LogP contribution in [0.1, 0.15) is 30.5 Å². The molecule has 0 radical (unpaired) electrons. The van der Waals surface area contributed by atoms with E-state index in [1.165, 1.54) is 6.92 Å². The summed E-state index contributed by atoms with van der Waals surface area (Å²) in [6.07, 6.45) is -4.32. The third kappa shape index (κ3) is 2.63. The van der Waals surface area contributed by atoms with E-state index in [1.807, 2.05) is 6.07 Å². The molecule has 1 aromatic rings. The van der Waals surface area contributed by atoms with Crippen molar-refractivity contribution in [1.29, 1.82) is 0 Å². The van der Waals surface area contributed by atoms with Crippen molar-refractivity contribution < 1.29 is 13.2 Å². The number of nitrogens with one attached hydrogen (secondary N) is 1. The van der Waals surface area contributed by atoms with Gasteiger partial charge in [-0.15, -0.1) is 0 Å². The molecule has 0 amide bonds. The molecule has 1 nitrogen and oxygen atoms in total. The van der Waals surface area contributed by atoms with Crippen LogP contribution in [0.25, 0.3) is 0 Å². The largest absolute Gasteiger partial charge is 0.410 e. The lowest BCUT2D eigenvalue weighted by Gasteiger charge is -2.34. The summed E-state index contributed by atoms with van der Waals surface area (Å²) in [7, 11) is 0. The Hall–Kier alpha value is -1.03. The molecule has 0 aliphatic carbocycles. The highest BCUT2D eigenvalue weighted by atomic mass is 19.4. The van der Waals surface area contributed by atoms with Crippen molar-refractivity contribution in [2.24, 2.45) is 0 Å². The smallest absolute Gasteiger partial charge is 0.300 e. The zero-order valence-corrected chi connectivity index (χ0v) is 10.6. The van der Waals surface area contributed by atoms with Gasteiger partial charge in [0, 0.05) is 0 Å². The molecular formula is C13H18F3N. The third-order valence-electron chi connectivity index (χ3n) is 3.03. The van der Waals surface area contributed by atoms with Gasteiger partial charge in [-0.1, -0.05) is 30.7 Å². The van der Waals surface area contributed by atoms with Gasteiger partial charge in [-0.25, -0.2) is 0 Å². The van der Waals surface area contributed by atoms with E-state index in [1.54, 1.807) is 32.9 Å². The first kappa shape index (κ1) is 14.0. The van der Waals surface area contributed by atoms with E-state index in [9.17, 15) is 13.2 Å². The van der Waals surface area contributed by atoms with Crippen molar-refractivity contribution in [2.45, 2.75) is 39.4 Å². The van der Waals surface area contributed by atoms with Crippen LogP contribution in [0, 0.1) is 13.8 Å². The van der Waals surface area contributed by atoms with Gasteiger partial charge < -0.3 is 5.32 Å². The zero-order valence-electron chi connectivity index (χ0n) is 10.6. The Morgan fingerprint density at radius 3 is 2.24 bits per heavy atom. The fourth-order valence-corrected chi connectivity index (χ4v) is 1.98. The number of hydrogen-bond acceptors (Lipinski definition) is 1. The SMILES string of the molecule is CCNC(C)(c1cc(C)ccc1C)C(F)(F)F. The first-order chi connectivity index (χ1) is 7.72. The maximum absolute atomic E-state index is 13.2. The Kier molecular flexibility index (Phi) is 3.87. The van der Waals surface area contributed by atoms with Crippen LogP contribution in [-0.4, -0.2) is 12.7 Å². The van der Waals surface area contributed by atoms with Gasteiger partial charge in [-0.05, 0) is 38.4 Å². The summed E-state index contributed by atoms with van der Waals surface area (Å²) in [5, 5.41) is 2.56. The number of hydrogen-bond donors (Lipinski definition) is 1. The summed E-state index contributed by atoms with van der Waals surface area (Å²) >= 11 is 0. The molecule has 96 valence electrons. The van der Waals surface area contributed by atoms with E-state index in [-0.39, 0.29) is 6.54 Å². The van der Waals surface area contributed by atoms with E-state index in [4.69, 9.17) is 0 Å². The van der Waals surface area contributed by atoms with Gasteiger partial charge in [0.2, 0.25) is 0 Å². The van der Waals surface area contributed by atoms with Gasteiger partial charge in [0.1, 0.15) is 5.54 Å². The van der Waals surface area contributed by atoms with Gasteiger partial charge in [-0.2, -0.15) is 13.2 Å². The van der Waals surface area contributed by atoms with E-state index < -0.39 is 11.7 Å². The molecule has 4 heteroatoms.